The number of nitrogens with zero attached hydrogens (tertiary/aromatic N) is 2. The molecule has 0 atom stereocenters. The number of carbonyl (C=O) groups is 1. The highest BCUT2D eigenvalue weighted by Crippen LogP contribution is 2.32. The highest BCUT2D eigenvalue weighted by Gasteiger charge is 2.21. The maximum absolute atomic E-state index is 13.1. The van der Waals surface area contributed by atoms with E-state index < -0.39 is 0 Å². The predicted molar refractivity (Wildman–Crippen MR) is 121 cm³/mol. The quantitative estimate of drug-likeness (QED) is 0.602. The van der Waals surface area contributed by atoms with Crippen LogP contribution in [-0.4, -0.2) is 43.8 Å². The number of thioether (sulfide) groups is 1. The number of aromatic nitrogens is 1. The molecule has 0 spiro atoms. The van der Waals surface area contributed by atoms with Crippen LogP contribution in [0.4, 0.5) is 5.13 Å². The molecular weight excluding hydrogens is 386 g/mol. The maximum atomic E-state index is 13.1. The molecule has 0 saturated carbocycles. The van der Waals surface area contributed by atoms with Crippen LogP contribution in [0.25, 0.3) is 10.2 Å². The standard InChI is InChI=1S/C22H27N3OS2/c1-15-6-8-18(9-7-15)27-14-20(26)25(11-10-24(4)5)22-23-19-13-16(2)12-17(3)21(19)28-22/h6-9,12-13H,10-11,14H2,1-5H3/p+1. The van der Waals surface area contributed by atoms with Gasteiger partial charge in [0.25, 0.3) is 0 Å². The van der Waals surface area contributed by atoms with Crippen LogP contribution in [0.15, 0.2) is 41.3 Å². The number of benzene rings is 2. The Morgan fingerprint density at radius 1 is 1.11 bits per heavy atom. The lowest BCUT2D eigenvalue weighted by atomic mass is 10.1. The third-order valence-corrected chi connectivity index (χ3v) is 6.79. The summed E-state index contributed by atoms with van der Waals surface area (Å²) in [5.74, 6) is 0.528. The number of likely N-dealkylation sites (N-methyl/N-ethyl adjacent to an activating group) is 1. The van der Waals surface area contributed by atoms with E-state index in [0.717, 1.165) is 22.1 Å². The lowest BCUT2D eigenvalue weighted by Crippen LogP contribution is -3.06. The van der Waals surface area contributed by atoms with Crippen molar-refractivity contribution in [1.29, 1.82) is 0 Å². The zero-order valence-electron chi connectivity index (χ0n) is 17.2. The zero-order chi connectivity index (χ0) is 20.3. The Bertz CT molecular complexity index is 964. The second kappa shape index (κ2) is 9.07. The Morgan fingerprint density at radius 3 is 2.50 bits per heavy atom. The number of quaternary nitrogens is 1. The van der Waals surface area contributed by atoms with Gasteiger partial charge < -0.3 is 4.90 Å². The number of anilines is 1. The van der Waals surface area contributed by atoms with Gasteiger partial charge in [-0.15, -0.1) is 11.8 Å². The first-order valence-corrected chi connectivity index (χ1v) is 11.3. The van der Waals surface area contributed by atoms with Crippen molar-refractivity contribution >= 4 is 44.4 Å². The molecule has 3 aromatic rings. The number of thiazole rings is 1. The molecule has 1 heterocycles. The second-order valence-electron chi connectivity index (χ2n) is 7.53. The summed E-state index contributed by atoms with van der Waals surface area (Å²) in [6, 6.07) is 12.6. The van der Waals surface area contributed by atoms with Gasteiger partial charge in [0, 0.05) is 4.90 Å². The van der Waals surface area contributed by atoms with Crippen LogP contribution in [0.3, 0.4) is 0 Å². The first kappa shape index (κ1) is 20.8. The molecule has 0 radical (unpaired) electrons. The molecule has 1 aromatic heterocycles. The molecule has 148 valence electrons. The first-order chi connectivity index (χ1) is 13.3. The van der Waals surface area contributed by atoms with E-state index in [1.807, 2.05) is 4.90 Å². The summed E-state index contributed by atoms with van der Waals surface area (Å²) in [5.41, 5.74) is 4.64. The lowest BCUT2D eigenvalue weighted by Gasteiger charge is -2.20. The Labute approximate surface area is 175 Å². The minimum absolute atomic E-state index is 0.111. The number of nitrogens with one attached hydrogen (secondary N) is 1. The maximum Gasteiger partial charge on any atom is 0.239 e. The Hall–Kier alpha value is -1.89. The van der Waals surface area contributed by atoms with Crippen molar-refractivity contribution in [1.82, 2.24) is 4.98 Å². The molecule has 1 amide bonds. The van der Waals surface area contributed by atoms with Crippen LogP contribution < -0.4 is 9.80 Å². The molecule has 3 rings (SSSR count). The van der Waals surface area contributed by atoms with Crippen LogP contribution in [-0.2, 0) is 4.79 Å². The van der Waals surface area contributed by atoms with Gasteiger partial charge in [-0.3, -0.25) is 9.69 Å². The van der Waals surface area contributed by atoms with Crippen molar-refractivity contribution in [3.63, 3.8) is 0 Å². The fraction of sp³-hybridized carbons (Fsp3) is 0.364. The fourth-order valence-corrected chi connectivity index (χ4v) is 4.83. The topological polar surface area (TPSA) is 37.6 Å². The van der Waals surface area contributed by atoms with Crippen LogP contribution >= 0.6 is 23.1 Å². The van der Waals surface area contributed by atoms with Gasteiger partial charge in [0.1, 0.15) is 0 Å². The smallest absolute Gasteiger partial charge is 0.239 e. The van der Waals surface area contributed by atoms with Gasteiger partial charge >= 0.3 is 0 Å². The van der Waals surface area contributed by atoms with Gasteiger partial charge in [0.05, 0.1) is 43.2 Å². The number of amides is 1. The fourth-order valence-electron chi connectivity index (χ4n) is 3.00. The molecule has 0 fully saturated rings. The highest BCUT2D eigenvalue weighted by atomic mass is 32.2. The van der Waals surface area contributed by atoms with Crippen molar-refractivity contribution in [3.8, 4) is 0 Å². The van der Waals surface area contributed by atoms with Crippen molar-refractivity contribution in [2.75, 3.05) is 37.8 Å². The van der Waals surface area contributed by atoms with Gasteiger partial charge in [0.2, 0.25) is 5.91 Å². The summed E-state index contributed by atoms with van der Waals surface area (Å²) < 4.78 is 1.17. The molecule has 1 N–H and O–H groups in total. The normalized spacial score (nSPS) is 11.4. The molecule has 4 nitrogen and oxygen atoms in total. The summed E-state index contributed by atoms with van der Waals surface area (Å²) >= 11 is 3.21. The number of rotatable bonds is 7. The van der Waals surface area contributed by atoms with E-state index in [1.165, 1.54) is 26.3 Å². The lowest BCUT2D eigenvalue weighted by molar-refractivity contribution is -0.856. The van der Waals surface area contributed by atoms with E-state index in [2.05, 4.69) is 71.3 Å². The van der Waals surface area contributed by atoms with Crippen molar-refractivity contribution < 1.29 is 9.69 Å². The predicted octanol–water partition coefficient (Wildman–Crippen LogP) is 3.49. The zero-order valence-corrected chi connectivity index (χ0v) is 18.8. The summed E-state index contributed by atoms with van der Waals surface area (Å²) in [5, 5.41) is 0.805. The summed E-state index contributed by atoms with van der Waals surface area (Å²) in [6.07, 6.45) is 0. The summed E-state index contributed by atoms with van der Waals surface area (Å²) in [4.78, 5) is 22.2. The van der Waals surface area contributed by atoms with Crippen molar-refractivity contribution in [3.05, 3.63) is 53.1 Å². The summed E-state index contributed by atoms with van der Waals surface area (Å²) in [7, 11) is 4.21. The molecular formula is C22H28N3OS2+. The number of fused-ring (bicyclic) bond motifs is 1. The van der Waals surface area contributed by atoms with Gasteiger partial charge in [0.15, 0.2) is 5.13 Å². The number of hydrogen-bond donors (Lipinski definition) is 1. The molecule has 0 aliphatic carbocycles. The van der Waals surface area contributed by atoms with Crippen LogP contribution in [0.2, 0.25) is 0 Å². The number of aryl methyl sites for hydroxylation is 3. The third-order valence-electron chi connectivity index (χ3n) is 4.56. The van der Waals surface area contributed by atoms with E-state index in [4.69, 9.17) is 4.98 Å². The molecule has 0 saturated heterocycles. The first-order valence-electron chi connectivity index (χ1n) is 9.50. The minimum atomic E-state index is 0.111. The molecule has 6 heteroatoms. The Balaban J connectivity index is 1.82. The molecule has 0 aliphatic heterocycles. The van der Waals surface area contributed by atoms with Crippen molar-refractivity contribution in [2.24, 2.45) is 0 Å². The van der Waals surface area contributed by atoms with E-state index in [-0.39, 0.29) is 5.91 Å². The monoisotopic (exact) mass is 414 g/mol. The van der Waals surface area contributed by atoms with Gasteiger partial charge in [-0.05, 0) is 50.1 Å². The van der Waals surface area contributed by atoms with Crippen molar-refractivity contribution in [2.45, 2.75) is 25.7 Å². The SMILES string of the molecule is Cc1ccc(SCC(=O)N(CC[NH+](C)C)c2nc3cc(C)cc(C)c3s2)cc1. The largest absolute Gasteiger partial charge is 0.338 e. The van der Waals surface area contributed by atoms with Crippen LogP contribution in [0.5, 0.6) is 0 Å². The Kier molecular flexibility index (Phi) is 6.75. The average Bonchev–Trinajstić information content (AvgIpc) is 3.05. The van der Waals surface area contributed by atoms with Crippen LogP contribution in [0, 0.1) is 20.8 Å². The highest BCUT2D eigenvalue weighted by molar-refractivity contribution is 8.00. The van der Waals surface area contributed by atoms with E-state index >= 15 is 0 Å². The third kappa shape index (κ3) is 5.13. The number of hydrogen-bond acceptors (Lipinski definition) is 4. The molecule has 0 bridgehead atoms. The Morgan fingerprint density at radius 2 is 1.82 bits per heavy atom. The van der Waals surface area contributed by atoms with E-state index in [0.29, 0.717) is 12.3 Å². The van der Waals surface area contributed by atoms with Gasteiger partial charge in [-0.2, -0.15) is 0 Å². The molecule has 0 aliphatic rings. The minimum Gasteiger partial charge on any atom is -0.338 e. The molecule has 28 heavy (non-hydrogen) atoms. The molecule has 2 aromatic carbocycles. The van der Waals surface area contributed by atoms with Gasteiger partial charge in [-0.1, -0.05) is 35.1 Å². The summed E-state index contributed by atoms with van der Waals surface area (Å²) in [6.45, 7) is 7.83. The van der Waals surface area contributed by atoms with E-state index in [9.17, 15) is 4.79 Å². The second-order valence-corrected chi connectivity index (χ2v) is 9.56. The van der Waals surface area contributed by atoms with E-state index in [1.54, 1.807) is 23.1 Å². The molecule has 0 unspecified atom stereocenters. The van der Waals surface area contributed by atoms with Gasteiger partial charge in [-0.25, -0.2) is 4.98 Å². The average molecular weight is 415 g/mol. The number of carbonyl (C=O) groups excluding carboxylic acids is 1. The van der Waals surface area contributed by atoms with Crippen LogP contribution in [0.1, 0.15) is 16.7 Å².